The summed E-state index contributed by atoms with van der Waals surface area (Å²) in [4.78, 5) is 23.7. The van der Waals surface area contributed by atoms with Gasteiger partial charge < -0.3 is 14.8 Å². The average molecular weight is 278 g/mol. The van der Waals surface area contributed by atoms with Gasteiger partial charge >= 0.3 is 5.76 Å². The molecule has 108 valence electrons. The minimum absolute atomic E-state index is 0.113. The quantitative estimate of drug-likeness (QED) is 0.844. The molecule has 6 nitrogen and oxygen atoms in total. The number of carbonyl (C=O) groups is 1. The first-order chi connectivity index (χ1) is 9.52. The molecule has 0 spiro atoms. The largest absolute Gasteiger partial charge is 0.420 e. The lowest BCUT2D eigenvalue weighted by molar-refractivity contribution is -0.123. The van der Waals surface area contributed by atoms with E-state index in [9.17, 15) is 14.7 Å². The molecular weight excluding hydrogens is 260 g/mol. The Morgan fingerprint density at radius 3 is 2.75 bits per heavy atom. The molecule has 0 aliphatic carbocycles. The van der Waals surface area contributed by atoms with Gasteiger partial charge in [0.15, 0.2) is 5.58 Å². The van der Waals surface area contributed by atoms with Gasteiger partial charge in [0.1, 0.15) is 6.54 Å². The minimum Gasteiger partial charge on any atom is -0.408 e. The second-order valence-electron chi connectivity index (χ2n) is 5.02. The summed E-state index contributed by atoms with van der Waals surface area (Å²) in [6, 6.07) is 6.61. The number of aliphatic hydroxyl groups excluding tert-OH is 1. The van der Waals surface area contributed by atoms with Crippen molar-refractivity contribution in [2.45, 2.75) is 26.4 Å². The monoisotopic (exact) mass is 278 g/mol. The second kappa shape index (κ2) is 5.92. The zero-order valence-electron chi connectivity index (χ0n) is 11.5. The van der Waals surface area contributed by atoms with Gasteiger partial charge in [0.2, 0.25) is 5.91 Å². The molecule has 6 heteroatoms. The lowest BCUT2D eigenvalue weighted by Crippen LogP contribution is -2.43. The van der Waals surface area contributed by atoms with Gasteiger partial charge in [0.25, 0.3) is 0 Å². The molecule has 2 N–H and O–H groups in total. The van der Waals surface area contributed by atoms with Crippen LogP contribution >= 0.6 is 0 Å². The zero-order chi connectivity index (χ0) is 14.7. The lowest BCUT2D eigenvalue weighted by Gasteiger charge is -2.19. The number of benzene rings is 1. The van der Waals surface area contributed by atoms with E-state index in [4.69, 9.17) is 4.42 Å². The van der Waals surface area contributed by atoms with E-state index in [1.165, 1.54) is 4.57 Å². The fourth-order valence-corrected chi connectivity index (χ4v) is 1.98. The van der Waals surface area contributed by atoms with Crippen LogP contribution in [0.15, 0.2) is 33.5 Å². The molecule has 2 aromatic rings. The van der Waals surface area contributed by atoms with Crippen LogP contribution in [0.25, 0.3) is 11.1 Å². The molecule has 0 fully saturated rings. The van der Waals surface area contributed by atoms with Crippen molar-refractivity contribution in [1.29, 1.82) is 0 Å². The number of aromatic nitrogens is 1. The maximum atomic E-state index is 12.0. The number of nitrogens with one attached hydrogen (secondary N) is 1. The summed E-state index contributed by atoms with van der Waals surface area (Å²) in [5.41, 5.74) is 1.03. The van der Waals surface area contributed by atoms with Crippen LogP contribution in [0.4, 0.5) is 0 Å². The summed E-state index contributed by atoms with van der Waals surface area (Å²) in [6.45, 7) is 3.55. The highest BCUT2D eigenvalue weighted by Crippen LogP contribution is 2.11. The van der Waals surface area contributed by atoms with E-state index in [-0.39, 0.29) is 31.0 Å². The number of amides is 1. The SMILES string of the molecule is CC(C)[C@@H](CO)NC(=O)Cn1c(=O)oc2ccccc21. The molecule has 1 amide bonds. The molecule has 1 aromatic carbocycles. The Morgan fingerprint density at radius 2 is 2.10 bits per heavy atom. The molecule has 0 bridgehead atoms. The van der Waals surface area contributed by atoms with Gasteiger partial charge in [-0.3, -0.25) is 9.36 Å². The number of carbonyl (C=O) groups excluding carboxylic acids is 1. The van der Waals surface area contributed by atoms with E-state index >= 15 is 0 Å². The molecule has 0 aliphatic rings. The third kappa shape index (κ3) is 2.91. The molecule has 0 unspecified atom stereocenters. The Kier molecular flexibility index (Phi) is 4.24. The summed E-state index contributed by atoms with van der Waals surface area (Å²) < 4.78 is 6.33. The third-order valence-corrected chi connectivity index (χ3v) is 3.22. The maximum absolute atomic E-state index is 12.0. The summed E-state index contributed by atoms with van der Waals surface area (Å²) in [7, 11) is 0. The van der Waals surface area contributed by atoms with E-state index < -0.39 is 5.76 Å². The smallest absolute Gasteiger partial charge is 0.408 e. The van der Waals surface area contributed by atoms with Gasteiger partial charge in [0.05, 0.1) is 18.2 Å². The Balaban J connectivity index is 2.18. The number of oxazole rings is 1. The van der Waals surface area contributed by atoms with Gasteiger partial charge in [-0.2, -0.15) is 0 Å². The fraction of sp³-hybridized carbons (Fsp3) is 0.429. The van der Waals surface area contributed by atoms with E-state index in [0.29, 0.717) is 11.1 Å². The number of aliphatic hydroxyl groups is 1. The summed E-state index contributed by atoms with van der Waals surface area (Å²) >= 11 is 0. The Labute approximate surface area is 116 Å². The van der Waals surface area contributed by atoms with Crippen molar-refractivity contribution < 1.29 is 14.3 Å². The first-order valence-electron chi connectivity index (χ1n) is 6.51. The highest BCUT2D eigenvalue weighted by Gasteiger charge is 2.17. The number of fused-ring (bicyclic) bond motifs is 1. The van der Waals surface area contributed by atoms with Crippen LogP contribution in [0.5, 0.6) is 0 Å². The number of hydrogen-bond donors (Lipinski definition) is 2. The van der Waals surface area contributed by atoms with E-state index in [0.717, 1.165) is 0 Å². The van der Waals surface area contributed by atoms with Gasteiger partial charge in [-0.1, -0.05) is 26.0 Å². The van der Waals surface area contributed by atoms with Gasteiger partial charge in [-0.15, -0.1) is 0 Å². The van der Waals surface area contributed by atoms with E-state index in [2.05, 4.69) is 5.32 Å². The van der Waals surface area contributed by atoms with Crippen molar-refractivity contribution in [2.24, 2.45) is 5.92 Å². The Hall–Kier alpha value is -2.08. The number of hydrogen-bond acceptors (Lipinski definition) is 4. The molecule has 0 radical (unpaired) electrons. The van der Waals surface area contributed by atoms with E-state index in [1.807, 2.05) is 13.8 Å². The van der Waals surface area contributed by atoms with Crippen LogP contribution < -0.4 is 11.1 Å². The van der Waals surface area contributed by atoms with Crippen molar-refractivity contribution >= 4 is 17.0 Å². The van der Waals surface area contributed by atoms with E-state index in [1.54, 1.807) is 24.3 Å². The first-order valence-corrected chi connectivity index (χ1v) is 6.51. The number of nitrogens with zero attached hydrogens (tertiary/aromatic N) is 1. The van der Waals surface area contributed by atoms with Crippen LogP contribution in [-0.4, -0.2) is 28.2 Å². The third-order valence-electron chi connectivity index (χ3n) is 3.22. The van der Waals surface area contributed by atoms with Gasteiger partial charge in [0, 0.05) is 0 Å². The minimum atomic E-state index is -0.563. The molecule has 0 saturated carbocycles. The molecule has 20 heavy (non-hydrogen) atoms. The average Bonchev–Trinajstić information content (AvgIpc) is 2.72. The van der Waals surface area contributed by atoms with Crippen molar-refractivity contribution in [1.82, 2.24) is 9.88 Å². The number of rotatable bonds is 5. The highest BCUT2D eigenvalue weighted by molar-refractivity contribution is 5.79. The topological polar surface area (TPSA) is 84.5 Å². The van der Waals surface area contributed by atoms with Gasteiger partial charge in [-0.25, -0.2) is 4.79 Å². The molecule has 0 aliphatic heterocycles. The van der Waals surface area contributed by atoms with Crippen molar-refractivity contribution in [3.05, 3.63) is 34.8 Å². The lowest BCUT2D eigenvalue weighted by atomic mass is 10.1. The van der Waals surface area contributed by atoms with Crippen LogP contribution in [0.3, 0.4) is 0 Å². The summed E-state index contributed by atoms with van der Waals surface area (Å²) in [5, 5.41) is 11.9. The molecule has 1 atom stereocenters. The van der Waals surface area contributed by atoms with Crippen molar-refractivity contribution in [3.8, 4) is 0 Å². The molecule has 0 saturated heterocycles. The second-order valence-corrected chi connectivity index (χ2v) is 5.02. The van der Waals surface area contributed by atoms with Crippen LogP contribution in [0.1, 0.15) is 13.8 Å². The normalized spacial score (nSPS) is 12.8. The molecule has 1 aromatic heterocycles. The maximum Gasteiger partial charge on any atom is 0.420 e. The number of para-hydroxylation sites is 2. The highest BCUT2D eigenvalue weighted by atomic mass is 16.4. The summed E-state index contributed by atoms with van der Waals surface area (Å²) in [6.07, 6.45) is 0. The van der Waals surface area contributed by atoms with Crippen molar-refractivity contribution in [2.75, 3.05) is 6.61 Å². The fourth-order valence-electron chi connectivity index (χ4n) is 1.98. The Morgan fingerprint density at radius 1 is 1.40 bits per heavy atom. The standard InChI is InChI=1S/C14H18N2O4/c1-9(2)10(8-17)15-13(18)7-16-11-5-3-4-6-12(11)20-14(16)19/h3-6,9-10,17H,7-8H2,1-2H3,(H,15,18)/t10-/m1/s1. The zero-order valence-corrected chi connectivity index (χ0v) is 11.5. The molecule has 1 heterocycles. The van der Waals surface area contributed by atoms with Crippen LogP contribution in [0, 0.1) is 5.92 Å². The predicted molar refractivity (Wildman–Crippen MR) is 74.3 cm³/mol. The van der Waals surface area contributed by atoms with Crippen LogP contribution in [-0.2, 0) is 11.3 Å². The predicted octanol–water partition coefficient (Wildman–Crippen LogP) is 0.728. The molecular formula is C14H18N2O4. The molecule has 2 rings (SSSR count). The summed E-state index contributed by atoms with van der Waals surface area (Å²) in [5.74, 6) is -0.778. The Bertz CT molecular complexity index is 656. The van der Waals surface area contributed by atoms with Crippen molar-refractivity contribution in [3.63, 3.8) is 0 Å². The van der Waals surface area contributed by atoms with Gasteiger partial charge in [-0.05, 0) is 18.1 Å². The first kappa shape index (κ1) is 14.3. The van der Waals surface area contributed by atoms with Crippen LogP contribution in [0.2, 0.25) is 0 Å².